The number of hydrogen-bond acceptors (Lipinski definition) is 3. The van der Waals surface area contributed by atoms with Gasteiger partial charge in [0.15, 0.2) is 0 Å². The highest BCUT2D eigenvalue weighted by atomic mass is 16.1. The van der Waals surface area contributed by atoms with Crippen molar-refractivity contribution in [1.82, 2.24) is 15.3 Å². The van der Waals surface area contributed by atoms with Gasteiger partial charge in [-0.1, -0.05) is 36.4 Å². The topological polar surface area (TPSA) is 54.9 Å². The van der Waals surface area contributed by atoms with Gasteiger partial charge < -0.3 is 5.32 Å². The second-order valence-corrected chi connectivity index (χ2v) is 5.49. The van der Waals surface area contributed by atoms with E-state index in [0.717, 1.165) is 24.2 Å². The number of aryl methyl sites for hydroxylation is 1. The van der Waals surface area contributed by atoms with Gasteiger partial charge in [-0.25, -0.2) is 0 Å². The van der Waals surface area contributed by atoms with Crippen LogP contribution in [0.5, 0.6) is 0 Å². The third-order valence-electron chi connectivity index (χ3n) is 3.72. The molecule has 0 saturated carbocycles. The summed E-state index contributed by atoms with van der Waals surface area (Å²) in [6.07, 6.45) is 5.19. The van der Waals surface area contributed by atoms with Crippen LogP contribution in [0.15, 0.2) is 73.1 Å². The summed E-state index contributed by atoms with van der Waals surface area (Å²) >= 11 is 0. The molecule has 0 aliphatic rings. The second kappa shape index (κ2) is 8.02. The van der Waals surface area contributed by atoms with E-state index in [-0.39, 0.29) is 5.91 Å². The molecule has 1 aromatic carbocycles. The molecule has 2 heterocycles. The van der Waals surface area contributed by atoms with Gasteiger partial charge in [-0.05, 0) is 42.7 Å². The summed E-state index contributed by atoms with van der Waals surface area (Å²) in [7, 11) is 0. The fourth-order valence-corrected chi connectivity index (χ4v) is 2.44. The van der Waals surface area contributed by atoms with Gasteiger partial charge >= 0.3 is 0 Å². The number of carbonyl (C=O) groups is 1. The van der Waals surface area contributed by atoms with Crippen LogP contribution in [0.3, 0.4) is 0 Å². The van der Waals surface area contributed by atoms with Crippen molar-refractivity contribution in [2.75, 3.05) is 6.54 Å². The molecule has 0 radical (unpaired) electrons. The Morgan fingerprint density at radius 3 is 2.38 bits per heavy atom. The molecule has 3 aromatic rings. The Hall–Kier alpha value is -3.01. The number of rotatable bonds is 6. The van der Waals surface area contributed by atoms with Crippen LogP contribution < -0.4 is 5.32 Å². The molecule has 3 rings (SSSR count). The number of benzene rings is 1. The standard InChI is InChI=1S/C20H19N3O/c24-20(22-14-6-9-16-7-2-1-3-8-16)17-11-12-19(23-15-17)18-10-4-5-13-21-18/h1-5,7-8,10-13,15H,6,9,14H2,(H,22,24). The molecule has 120 valence electrons. The van der Waals surface area contributed by atoms with Crippen LogP contribution in [-0.2, 0) is 6.42 Å². The molecular weight excluding hydrogens is 298 g/mol. The number of carbonyl (C=O) groups excluding carboxylic acids is 1. The number of hydrogen-bond donors (Lipinski definition) is 1. The SMILES string of the molecule is O=C(NCCCc1ccccc1)c1ccc(-c2ccccn2)nc1. The van der Waals surface area contributed by atoms with E-state index in [9.17, 15) is 4.79 Å². The van der Waals surface area contributed by atoms with E-state index in [4.69, 9.17) is 0 Å². The van der Waals surface area contributed by atoms with E-state index in [1.54, 1.807) is 18.5 Å². The van der Waals surface area contributed by atoms with E-state index >= 15 is 0 Å². The van der Waals surface area contributed by atoms with Crippen molar-refractivity contribution in [2.24, 2.45) is 0 Å². The maximum absolute atomic E-state index is 12.1. The Kier molecular flexibility index (Phi) is 5.30. The quantitative estimate of drug-likeness (QED) is 0.708. The van der Waals surface area contributed by atoms with Crippen LogP contribution in [0.4, 0.5) is 0 Å². The number of amides is 1. The lowest BCUT2D eigenvalue weighted by molar-refractivity contribution is 0.0953. The zero-order valence-electron chi connectivity index (χ0n) is 13.4. The van der Waals surface area contributed by atoms with Gasteiger partial charge in [0.05, 0.1) is 17.0 Å². The van der Waals surface area contributed by atoms with Crippen molar-refractivity contribution in [3.8, 4) is 11.4 Å². The van der Waals surface area contributed by atoms with E-state index in [2.05, 4.69) is 27.4 Å². The van der Waals surface area contributed by atoms with Gasteiger partial charge in [0.25, 0.3) is 5.91 Å². The lowest BCUT2D eigenvalue weighted by atomic mass is 10.1. The Bertz CT molecular complexity index is 771. The zero-order valence-corrected chi connectivity index (χ0v) is 13.4. The maximum Gasteiger partial charge on any atom is 0.252 e. The van der Waals surface area contributed by atoms with E-state index in [1.807, 2.05) is 42.5 Å². The zero-order chi connectivity index (χ0) is 16.6. The van der Waals surface area contributed by atoms with Crippen LogP contribution in [-0.4, -0.2) is 22.4 Å². The molecule has 1 amide bonds. The van der Waals surface area contributed by atoms with Gasteiger partial charge in [0, 0.05) is 18.9 Å². The predicted octanol–water partition coefficient (Wildman–Crippen LogP) is 3.51. The van der Waals surface area contributed by atoms with Crippen molar-refractivity contribution >= 4 is 5.91 Å². The molecule has 4 nitrogen and oxygen atoms in total. The van der Waals surface area contributed by atoms with Crippen LogP contribution in [0, 0.1) is 0 Å². The smallest absolute Gasteiger partial charge is 0.252 e. The molecule has 0 saturated heterocycles. The van der Waals surface area contributed by atoms with Crippen LogP contribution in [0.2, 0.25) is 0 Å². The molecule has 0 atom stereocenters. The van der Waals surface area contributed by atoms with Crippen LogP contribution >= 0.6 is 0 Å². The lowest BCUT2D eigenvalue weighted by Gasteiger charge is -2.06. The normalized spacial score (nSPS) is 10.3. The van der Waals surface area contributed by atoms with E-state index < -0.39 is 0 Å². The molecule has 0 fully saturated rings. The predicted molar refractivity (Wildman–Crippen MR) is 94.6 cm³/mol. The summed E-state index contributed by atoms with van der Waals surface area (Å²) in [5.41, 5.74) is 3.41. The Morgan fingerprint density at radius 1 is 0.875 bits per heavy atom. The summed E-state index contributed by atoms with van der Waals surface area (Å²) in [6, 6.07) is 19.5. The minimum absolute atomic E-state index is 0.0943. The molecule has 0 spiro atoms. The van der Waals surface area contributed by atoms with Crippen LogP contribution in [0.1, 0.15) is 22.3 Å². The summed E-state index contributed by atoms with van der Waals surface area (Å²) in [6.45, 7) is 0.649. The minimum atomic E-state index is -0.0943. The third-order valence-corrected chi connectivity index (χ3v) is 3.72. The number of nitrogens with zero attached hydrogens (tertiary/aromatic N) is 2. The van der Waals surface area contributed by atoms with Gasteiger partial charge in [-0.15, -0.1) is 0 Å². The molecule has 1 N–H and O–H groups in total. The maximum atomic E-state index is 12.1. The summed E-state index contributed by atoms with van der Waals surface area (Å²) in [4.78, 5) is 20.7. The largest absolute Gasteiger partial charge is 0.352 e. The fraction of sp³-hybridized carbons (Fsp3) is 0.150. The highest BCUT2D eigenvalue weighted by Gasteiger charge is 2.06. The van der Waals surface area contributed by atoms with Gasteiger partial charge in [0.1, 0.15) is 0 Å². The molecular formula is C20H19N3O. The highest BCUT2D eigenvalue weighted by molar-refractivity contribution is 5.94. The summed E-state index contributed by atoms with van der Waals surface area (Å²) in [5, 5.41) is 2.93. The lowest BCUT2D eigenvalue weighted by Crippen LogP contribution is -2.24. The first-order chi connectivity index (χ1) is 11.8. The third kappa shape index (κ3) is 4.26. The number of aromatic nitrogens is 2. The molecule has 0 unspecified atom stereocenters. The van der Waals surface area contributed by atoms with Gasteiger partial charge in [-0.3, -0.25) is 14.8 Å². The molecule has 0 aliphatic carbocycles. The molecule has 2 aromatic heterocycles. The highest BCUT2D eigenvalue weighted by Crippen LogP contribution is 2.13. The number of pyridine rings is 2. The summed E-state index contributed by atoms with van der Waals surface area (Å²) in [5.74, 6) is -0.0943. The Balaban J connectivity index is 1.50. The first-order valence-corrected chi connectivity index (χ1v) is 8.02. The molecule has 4 heteroatoms. The number of nitrogens with one attached hydrogen (secondary N) is 1. The van der Waals surface area contributed by atoms with E-state index in [1.165, 1.54) is 5.56 Å². The first kappa shape index (κ1) is 15.9. The average Bonchev–Trinajstić information content (AvgIpc) is 2.67. The van der Waals surface area contributed by atoms with Crippen molar-refractivity contribution in [2.45, 2.75) is 12.8 Å². The van der Waals surface area contributed by atoms with Gasteiger partial charge in [-0.2, -0.15) is 0 Å². The van der Waals surface area contributed by atoms with E-state index in [0.29, 0.717) is 12.1 Å². The fourth-order valence-electron chi connectivity index (χ4n) is 2.44. The van der Waals surface area contributed by atoms with Crippen molar-refractivity contribution in [3.63, 3.8) is 0 Å². The van der Waals surface area contributed by atoms with Crippen molar-refractivity contribution < 1.29 is 4.79 Å². The van der Waals surface area contributed by atoms with Gasteiger partial charge in [0.2, 0.25) is 0 Å². The van der Waals surface area contributed by atoms with Crippen molar-refractivity contribution in [3.05, 3.63) is 84.2 Å². The molecule has 0 bridgehead atoms. The second-order valence-electron chi connectivity index (χ2n) is 5.49. The monoisotopic (exact) mass is 317 g/mol. The first-order valence-electron chi connectivity index (χ1n) is 8.02. The Labute approximate surface area is 141 Å². The van der Waals surface area contributed by atoms with Crippen LogP contribution in [0.25, 0.3) is 11.4 Å². The van der Waals surface area contributed by atoms with Crippen molar-refractivity contribution in [1.29, 1.82) is 0 Å². The molecule has 0 aliphatic heterocycles. The molecule has 24 heavy (non-hydrogen) atoms. The minimum Gasteiger partial charge on any atom is -0.352 e. The Morgan fingerprint density at radius 2 is 1.67 bits per heavy atom. The summed E-state index contributed by atoms with van der Waals surface area (Å²) < 4.78 is 0. The average molecular weight is 317 g/mol.